The summed E-state index contributed by atoms with van der Waals surface area (Å²) in [5, 5.41) is 0. The van der Waals surface area contributed by atoms with E-state index in [1.165, 1.54) is 5.56 Å². The number of hydrogen-bond acceptors (Lipinski definition) is 1. The van der Waals surface area contributed by atoms with Crippen LogP contribution in [0.2, 0.25) is 0 Å². The van der Waals surface area contributed by atoms with Gasteiger partial charge in [0, 0.05) is 11.9 Å². The van der Waals surface area contributed by atoms with Crippen LogP contribution in [-0.2, 0) is 0 Å². The summed E-state index contributed by atoms with van der Waals surface area (Å²) in [6.45, 7) is 10.4. The van der Waals surface area contributed by atoms with E-state index in [1.807, 2.05) is 26.8 Å². The molecule has 0 fully saturated rings. The monoisotopic (exact) mass is 204 g/mol. The summed E-state index contributed by atoms with van der Waals surface area (Å²) in [4.78, 5) is 7.76. The maximum absolute atomic E-state index is 4.53. The third-order valence-corrected chi connectivity index (χ3v) is 2.31. The average Bonchev–Trinajstić information content (AvgIpc) is 2.63. The van der Waals surface area contributed by atoms with Gasteiger partial charge in [-0.05, 0) is 30.5 Å². The van der Waals surface area contributed by atoms with Gasteiger partial charge in [0.1, 0.15) is 0 Å². The van der Waals surface area contributed by atoms with E-state index in [0.717, 1.165) is 16.7 Å². The van der Waals surface area contributed by atoms with Crippen molar-refractivity contribution in [3.63, 3.8) is 0 Å². The lowest BCUT2D eigenvalue weighted by molar-refractivity contribution is 0.872. The van der Waals surface area contributed by atoms with Crippen molar-refractivity contribution in [2.75, 3.05) is 0 Å². The zero-order chi connectivity index (χ0) is 11.4. The number of aryl methyl sites for hydroxylation is 1. The Kier molecular flexibility index (Phi) is 3.89. The predicted octanol–water partition coefficient (Wildman–Crippen LogP) is 4.02. The van der Waals surface area contributed by atoms with Crippen LogP contribution in [-0.4, -0.2) is 9.97 Å². The average molecular weight is 204 g/mol. The van der Waals surface area contributed by atoms with Crippen LogP contribution in [0.15, 0.2) is 18.3 Å². The predicted molar refractivity (Wildman–Crippen MR) is 66.3 cm³/mol. The second-order valence-electron chi connectivity index (χ2n) is 3.75. The first-order chi connectivity index (χ1) is 7.18. The van der Waals surface area contributed by atoms with Gasteiger partial charge in [0.15, 0.2) is 0 Å². The van der Waals surface area contributed by atoms with E-state index in [2.05, 4.69) is 36.1 Å². The van der Waals surface area contributed by atoms with Crippen LogP contribution in [0.25, 0.3) is 11.0 Å². The van der Waals surface area contributed by atoms with Gasteiger partial charge in [0.25, 0.3) is 0 Å². The molecule has 0 aliphatic rings. The van der Waals surface area contributed by atoms with Gasteiger partial charge >= 0.3 is 0 Å². The number of nitrogens with one attached hydrogen (secondary N) is 1. The third kappa shape index (κ3) is 2.38. The molecule has 2 heteroatoms. The zero-order valence-electron chi connectivity index (χ0n) is 10.3. The van der Waals surface area contributed by atoms with Crippen LogP contribution in [0, 0.1) is 6.92 Å². The number of H-pyrrole nitrogens is 1. The van der Waals surface area contributed by atoms with Crippen LogP contribution in [0.5, 0.6) is 0 Å². The van der Waals surface area contributed by atoms with Crippen molar-refractivity contribution in [1.29, 1.82) is 0 Å². The fourth-order valence-electron chi connectivity index (χ4n) is 1.56. The van der Waals surface area contributed by atoms with Crippen molar-refractivity contribution in [3.8, 4) is 0 Å². The minimum atomic E-state index is 0.531. The number of aromatic nitrogens is 2. The fourth-order valence-corrected chi connectivity index (χ4v) is 1.56. The molecule has 2 heterocycles. The molecule has 0 unspecified atom stereocenters. The number of hydrogen-bond donors (Lipinski definition) is 1. The molecule has 15 heavy (non-hydrogen) atoms. The van der Waals surface area contributed by atoms with Crippen molar-refractivity contribution in [2.24, 2.45) is 0 Å². The van der Waals surface area contributed by atoms with Gasteiger partial charge in [0.05, 0.1) is 11.0 Å². The Morgan fingerprint density at radius 1 is 1.20 bits per heavy atom. The van der Waals surface area contributed by atoms with Crippen LogP contribution in [0.4, 0.5) is 0 Å². The second kappa shape index (κ2) is 4.96. The highest BCUT2D eigenvalue weighted by Gasteiger charge is 2.07. The van der Waals surface area contributed by atoms with Gasteiger partial charge in [-0.3, -0.25) is 4.98 Å². The molecule has 0 atom stereocenters. The van der Waals surface area contributed by atoms with Crippen LogP contribution in [0.1, 0.15) is 44.9 Å². The molecule has 0 saturated heterocycles. The summed E-state index contributed by atoms with van der Waals surface area (Å²) >= 11 is 0. The summed E-state index contributed by atoms with van der Waals surface area (Å²) < 4.78 is 0. The lowest BCUT2D eigenvalue weighted by Crippen LogP contribution is -1.87. The van der Waals surface area contributed by atoms with E-state index in [9.17, 15) is 0 Å². The Labute approximate surface area is 91.7 Å². The van der Waals surface area contributed by atoms with Crippen molar-refractivity contribution >= 4 is 11.0 Å². The molecule has 0 amide bonds. The van der Waals surface area contributed by atoms with Crippen molar-refractivity contribution in [2.45, 2.75) is 40.5 Å². The van der Waals surface area contributed by atoms with E-state index in [4.69, 9.17) is 0 Å². The number of pyridine rings is 1. The molecule has 2 rings (SSSR count). The number of rotatable bonds is 1. The summed E-state index contributed by atoms with van der Waals surface area (Å²) in [6, 6.07) is 4.12. The minimum absolute atomic E-state index is 0.531. The first-order valence-corrected chi connectivity index (χ1v) is 5.63. The van der Waals surface area contributed by atoms with E-state index in [0.29, 0.717) is 5.92 Å². The Morgan fingerprint density at radius 3 is 2.47 bits per heavy atom. The Hall–Kier alpha value is -1.31. The molecule has 0 saturated carbocycles. The maximum atomic E-state index is 4.53. The quantitative estimate of drug-likeness (QED) is 0.746. The Morgan fingerprint density at radius 2 is 1.87 bits per heavy atom. The van der Waals surface area contributed by atoms with Gasteiger partial charge in [-0.1, -0.05) is 27.7 Å². The highest BCUT2D eigenvalue weighted by Crippen LogP contribution is 2.23. The topological polar surface area (TPSA) is 28.7 Å². The third-order valence-electron chi connectivity index (χ3n) is 2.31. The molecule has 0 aliphatic heterocycles. The molecule has 2 nitrogen and oxygen atoms in total. The van der Waals surface area contributed by atoms with Gasteiger partial charge in [-0.15, -0.1) is 0 Å². The summed E-state index contributed by atoms with van der Waals surface area (Å²) in [6.07, 6.45) is 2.06. The summed E-state index contributed by atoms with van der Waals surface area (Å²) in [7, 11) is 0. The molecule has 82 valence electrons. The fraction of sp³-hybridized carbons (Fsp3) is 0.462. The molecule has 0 aliphatic carbocycles. The normalized spacial score (nSPS) is 10.3. The first-order valence-electron chi connectivity index (χ1n) is 5.63. The lowest BCUT2D eigenvalue weighted by Gasteiger charge is -2.01. The zero-order valence-corrected chi connectivity index (χ0v) is 10.3. The number of aromatic amines is 1. The van der Waals surface area contributed by atoms with E-state index >= 15 is 0 Å². The highest BCUT2D eigenvalue weighted by molar-refractivity contribution is 5.79. The van der Waals surface area contributed by atoms with Gasteiger partial charge in [0.2, 0.25) is 0 Å². The molecule has 2 aromatic rings. The molecule has 0 aromatic carbocycles. The van der Waals surface area contributed by atoms with Gasteiger partial charge in [-0.25, -0.2) is 0 Å². The summed E-state index contributed by atoms with van der Waals surface area (Å²) in [5.41, 5.74) is 4.64. The van der Waals surface area contributed by atoms with E-state index in [1.54, 1.807) is 0 Å². The highest BCUT2D eigenvalue weighted by atomic mass is 14.8. The molecule has 2 aromatic heterocycles. The van der Waals surface area contributed by atoms with Crippen LogP contribution in [0.3, 0.4) is 0 Å². The Balaban J connectivity index is 0.000000531. The van der Waals surface area contributed by atoms with E-state index < -0.39 is 0 Å². The lowest BCUT2D eigenvalue weighted by atomic mass is 10.1. The van der Waals surface area contributed by atoms with Crippen LogP contribution < -0.4 is 0 Å². The number of fused-ring (bicyclic) bond motifs is 1. The molecular formula is C13H20N2. The van der Waals surface area contributed by atoms with Crippen molar-refractivity contribution in [1.82, 2.24) is 9.97 Å². The smallest absolute Gasteiger partial charge is 0.0916 e. The summed E-state index contributed by atoms with van der Waals surface area (Å²) in [5.74, 6) is 0.531. The van der Waals surface area contributed by atoms with Crippen LogP contribution >= 0.6 is 0 Å². The van der Waals surface area contributed by atoms with E-state index in [-0.39, 0.29) is 0 Å². The standard InChI is InChI=1S/C11H14N2.C2H6/c1-7(2)9-6-12-10-5-4-8(3)13-11(9)10;1-2/h4-7,12H,1-3H3;1-2H3. The second-order valence-corrected chi connectivity index (χ2v) is 3.75. The maximum Gasteiger partial charge on any atom is 0.0916 e. The molecule has 1 N–H and O–H groups in total. The molecule has 0 bridgehead atoms. The Bertz CT molecular complexity index is 427. The van der Waals surface area contributed by atoms with Crippen molar-refractivity contribution in [3.05, 3.63) is 29.6 Å². The SMILES string of the molecule is CC.Cc1ccc2[nH]cc(C(C)C)c2n1. The van der Waals surface area contributed by atoms with Gasteiger partial charge in [-0.2, -0.15) is 0 Å². The minimum Gasteiger partial charge on any atom is -0.360 e. The molecular weight excluding hydrogens is 184 g/mol. The van der Waals surface area contributed by atoms with Gasteiger partial charge < -0.3 is 4.98 Å². The molecule has 0 radical (unpaired) electrons. The van der Waals surface area contributed by atoms with Crippen molar-refractivity contribution < 1.29 is 0 Å². The first kappa shape index (κ1) is 11.8. The number of nitrogens with zero attached hydrogens (tertiary/aromatic N) is 1. The largest absolute Gasteiger partial charge is 0.360 e. The molecule has 0 spiro atoms.